The number of nitrogens with zero attached hydrogens (tertiary/aromatic N) is 3. The average molecular weight is 475 g/mol. The van der Waals surface area contributed by atoms with Crippen LogP contribution in [-0.2, 0) is 30.6 Å². The number of carbonyl (C=O) groups is 1. The van der Waals surface area contributed by atoms with E-state index in [1.807, 2.05) is 10.6 Å². The Hall–Kier alpha value is -2.61. The number of carbonyl (C=O) groups excluding carboxylic acids is 1. The maximum absolute atomic E-state index is 13.7. The van der Waals surface area contributed by atoms with Crippen molar-refractivity contribution in [3.05, 3.63) is 81.6 Å². The molecule has 156 valence electrons. The van der Waals surface area contributed by atoms with Crippen LogP contribution in [0.1, 0.15) is 41.5 Å². The number of aryl methyl sites for hydroxylation is 1. The van der Waals surface area contributed by atoms with E-state index in [1.54, 1.807) is 18.6 Å². The molecule has 0 radical (unpaired) electrons. The lowest BCUT2D eigenvalue weighted by Gasteiger charge is -2.21. The molecule has 3 aromatic rings. The Bertz CT molecular complexity index is 1050. The van der Waals surface area contributed by atoms with Crippen molar-refractivity contribution in [3.63, 3.8) is 0 Å². The molecule has 1 amide bonds. The molecule has 1 atom stereocenters. The van der Waals surface area contributed by atoms with Crippen molar-refractivity contribution in [1.82, 2.24) is 19.9 Å². The number of nitrogens with one attached hydrogen (secondary N) is 1. The maximum atomic E-state index is 13.7. The summed E-state index contributed by atoms with van der Waals surface area (Å²) in [5.41, 5.74) is 3.21. The second-order valence-corrected chi connectivity index (χ2v) is 8.30. The second-order valence-electron chi connectivity index (χ2n) is 7.45. The normalized spacial score (nSPS) is 14.2. The van der Waals surface area contributed by atoms with Gasteiger partial charge in [-0.05, 0) is 77.9 Å². The first kappa shape index (κ1) is 20.7. The first-order valence-electron chi connectivity index (χ1n) is 9.87. The second kappa shape index (κ2) is 9.04. The number of halogens is 3. The molecule has 1 aliphatic rings. The Balaban J connectivity index is 1.55. The topological polar surface area (TPSA) is 59.8 Å². The van der Waals surface area contributed by atoms with E-state index in [2.05, 4.69) is 31.2 Å². The van der Waals surface area contributed by atoms with Crippen molar-refractivity contribution in [3.8, 4) is 0 Å². The van der Waals surface area contributed by atoms with Crippen molar-refractivity contribution in [2.45, 2.75) is 44.7 Å². The zero-order valence-corrected chi connectivity index (χ0v) is 17.8. The number of fused-ring (bicyclic) bond motifs is 1. The molecule has 2 heterocycles. The van der Waals surface area contributed by atoms with Gasteiger partial charge >= 0.3 is 0 Å². The molecule has 30 heavy (non-hydrogen) atoms. The third-order valence-electron chi connectivity index (χ3n) is 5.24. The minimum absolute atomic E-state index is 0.140. The zero-order valence-electron chi connectivity index (χ0n) is 16.2. The molecule has 1 aromatic carbocycles. The Morgan fingerprint density at radius 1 is 1.17 bits per heavy atom. The largest absolute Gasteiger partial charge is 0.346 e. The quantitative estimate of drug-likeness (QED) is 0.579. The molecule has 0 saturated heterocycles. The minimum Gasteiger partial charge on any atom is -0.346 e. The van der Waals surface area contributed by atoms with Crippen LogP contribution in [0.5, 0.6) is 0 Å². The number of rotatable bonds is 6. The fraction of sp³-hybridized carbons (Fsp3) is 0.318. The summed E-state index contributed by atoms with van der Waals surface area (Å²) in [6, 6.07) is 6.41. The van der Waals surface area contributed by atoms with E-state index in [0.29, 0.717) is 15.7 Å². The maximum Gasteiger partial charge on any atom is 0.240 e. The molecule has 0 fully saturated rings. The number of aromatic nitrogens is 3. The number of benzene rings is 1. The van der Waals surface area contributed by atoms with Gasteiger partial charge in [0, 0.05) is 22.4 Å². The summed E-state index contributed by atoms with van der Waals surface area (Å²) in [4.78, 5) is 21.7. The van der Waals surface area contributed by atoms with Gasteiger partial charge in [0.15, 0.2) is 0 Å². The molecular formula is C22H21BrF2N4O. The standard InChI is InChI=1S/C22H21BrF2N4O/c23-17-4-3-7-26-22(17)19(10-14-8-15(24)11-16(25)9-14)28-21(30)12-29-13-27-18-5-1-2-6-20(18)29/h3-4,7-9,11,13,19H,1-2,5-6,10,12H2,(H,28,30)/t19-/m0/s1. The van der Waals surface area contributed by atoms with E-state index in [9.17, 15) is 13.6 Å². The molecule has 1 aliphatic carbocycles. The molecule has 0 spiro atoms. The molecule has 0 bridgehead atoms. The monoisotopic (exact) mass is 474 g/mol. The smallest absolute Gasteiger partial charge is 0.240 e. The molecule has 0 unspecified atom stereocenters. The van der Waals surface area contributed by atoms with E-state index in [-0.39, 0.29) is 18.9 Å². The van der Waals surface area contributed by atoms with Gasteiger partial charge in [-0.15, -0.1) is 0 Å². The van der Waals surface area contributed by atoms with Gasteiger partial charge in [-0.25, -0.2) is 13.8 Å². The molecule has 0 saturated carbocycles. The highest BCUT2D eigenvalue weighted by molar-refractivity contribution is 9.10. The van der Waals surface area contributed by atoms with Gasteiger partial charge < -0.3 is 9.88 Å². The number of hydrogen-bond donors (Lipinski definition) is 1. The minimum atomic E-state index is -0.653. The predicted octanol–water partition coefficient (Wildman–Crippen LogP) is 4.30. The van der Waals surface area contributed by atoms with Gasteiger partial charge in [0.25, 0.3) is 0 Å². The Kier molecular flexibility index (Phi) is 6.22. The lowest BCUT2D eigenvalue weighted by molar-refractivity contribution is -0.122. The fourth-order valence-electron chi connectivity index (χ4n) is 3.90. The Morgan fingerprint density at radius 2 is 1.93 bits per heavy atom. The van der Waals surface area contributed by atoms with Gasteiger partial charge in [0.1, 0.15) is 18.2 Å². The summed E-state index contributed by atoms with van der Waals surface area (Å²) in [7, 11) is 0. The third-order valence-corrected chi connectivity index (χ3v) is 5.91. The van der Waals surface area contributed by atoms with Crippen LogP contribution in [0.25, 0.3) is 0 Å². The highest BCUT2D eigenvalue weighted by Gasteiger charge is 2.22. The van der Waals surface area contributed by atoms with E-state index < -0.39 is 17.7 Å². The predicted molar refractivity (Wildman–Crippen MR) is 112 cm³/mol. The Labute approximate surface area is 181 Å². The number of pyridine rings is 1. The molecular weight excluding hydrogens is 454 g/mol. The van der Waals surface area contributed by atoms with Gasteiger partial charge in [0.05, 0.1) is 23.8 Å². The van der Waals surface area contributed by atoms with Crippen molar-refractivity contribution in [2.75, 3.05) is 0 Å². The van der Waals surface area contributed by atoms with Crippen LogP contribution in [-0.4, -0.2) is 20.4 Å². The summed E-state index contributed by atoms with van der Waals surface area (Å²) in [6.45, 7) is 0.140. The van der Waals surface area contributed by atoms with E-state index in [1.165, 1.54) is 12.1 Å². The first-order valence-corrected chi connectivity index (χ1v) is 10.7. The van der Waals surface area contributed by atoms with Gasteiger partial charge in [-0.1, -0.05) is 0 Å². The molecule has 4 rings (SSSR count). The molecule has 1 N–H and O–H groups in total. The number of amides is 1. The molecule has 8 heteroatoms. The van der Waals surface area contributed by atoms with E-state index >= 15 is 0 Å². The lowest BCUT2D eigenvalue weighted by atomic mass is 10.0. The highest BCUT2D eigenvalue weighted by atomic mass is 79.9. The summed E-state index contributed by atoms with van der Waals surface area (Å²) < 4.78 is 29.9. The van der Waals surface area contributed by atoms with Crippen molar-refractivity contribution >= 4 is 21.8 Å². The van der Waals surface area contributed by atoms with Gasteiger partial charge in [-0.2, -0.15) is 0 Å². The first-order chi connectivity index (χ1) is 14.5. The van der Waals surface area contributed by atoms with E-state index in [4.69, 9.17) is 0 Å². The van der Waals surface area contributed by atoms with Crippen LogP contribution < -0.4 is 5.32 Å². The lowest BCUT2D eigenvalue weighted by Crippen LogP contribution is -2.33. The van der Waals surface area contributed by atoms with Gasteiger partial charge in [0.2, 0.25) is 5.91 Å². The van der Waals surface area contributed by atoms with Gasteiger partial charge in [-0.3, -0.25) is 9.78 Å². The van der Waals surface area contributed by atoms with Crippen LogP contribution in [0.3, 0.4) is 0 Å². The average Bonchev–Trinajstić information content (AvgIpc) is 3.10. The fourth-order valence-corrected chi connectivity index (χ4v) is 4.43. The molecule has 0 aliphatic heterocycles. The van der Waals surface area contributed by atoms with Crippen LogP contribution in [0, 0.1) is 11.6 Å². The number of hydrogen-bond acceptors (Lipinski definition) is 3. The summed E-state index contributed by atoms with van der Waals surface area (Å²) in [5, 5.41) is 2.98. The molecule has 5 nitrogen and oxygen atoms in total. The summed E-state index contributed by atoms with van der Waals surface area (Å²) in [5.74, 6) is -1.51. The van der Waals surface area contributed by atoms with Crippen LogP contribution in [0.15, 0.2) is 47.3 Å². The molecule has 2 aromatic heterocycles. The highest BCUT2D eigenvalue weighted by Crippen LogP contribution is 2.25. The van der Waals surface area contributed by atoms with Crippen LogP contribution in [0.4, 0.5) is 8.78 Å². The summed E-state index contributed by atoms with van der Waals surface area (Å²) in [6.07, 6.45) is 7.61. The van der Waals surface area contributed by atoms with Crippen molar-refractivity contribution in [2.24, 2.45) is 0 Å². The zero-order chi connectivity index (χ0) is 21.1. The van der Waals surface area contributed by atoms with Crippen LogP contribution >= 0.6 is 15.9 Å². The number of imidazole rings is 1. The van der Waals surface area contributed by atoms with E-state index in [0.717, 1.165) is 43.1 Å². The van der Waals surface area contributed by atoms with Crippen molar-refractivity contribution in [1.29, 1.82) is 0 Å². The SMILES string of the molecule is O=C(Cn1cnc2c1CCCC2)N[C@@H](Cc1cc(F)cc(F)c1)c1ncccc1Br. The third kappa shape index (κ3) is 4.75. The Morgan fingerprint density at radius 3 is 2.70 bits per heavy atom. The summed E-state index contributed by atoms with van der Waals surface area (Å²) >= 11 is 3.46. The van der Waals surface area contributed by atoms with Crippen LogP contribution in [0.2, 0.25) is 0 Å². The van der Waals surface area contributed by atoms with Crippen molar-refractivity contribution < 1.29 is 13.6 Å².